The molecule has 1 atom stereocenters. The van der Waals surface area contributed by atoms with E-state index < -0.39 is 40.1 Å². The van der Waals surface area contributed by atoms with Crippen molar-refractivity contribution < 1.29 is 29.5 Å². The summed E-state index contributed by atoms with van der Waals surface area (Å²) in [5.74, 6) is -3.01. The van der Waals surface area contributed by atoms with Crippen molar-refractivity contribution in [1.82, 2.24) is 0 Å². The van der Waals surface area contributed by atoms with Gasteiger partial charge in [0, 0.05) is 17.8 Å². The zero-order valence-corrected chi connectivity index (χ0v) is 13.7. The number of hydrogen-bond donors (Lipinski definition) is 3. The summed E-state index contributed by atoms with van der Waals surface area (Å²) in [4.78, 5) is 46.9. The van der Waals surface area contributed by atoms with Crippen LogP contribution in [0.3, 0.4) is 0 Å². The maximum Gasteiger partial charge on any atom is 0.339 e. The predicted molar refractivity (Wildman–Crippen MR) is 92.7 cm³/mol. The van der Waals surface area contributed by atoms with Crippen molar-refractivity contribution in [2.45, 2.75) is 12.5 Å². The van der Waals surface area contributed by atoms with E-state index in [2.05, 4.69) is 5.32 Å². The Balaban J connectivity index is 1.82. The monoisotopic (exact) mass is 371 g/mol. The molecule has 10 heteroatoms. The number of benzene rings is 2. The first-order chi connectivity index (χ1) is 12.8. The molecule has 3 rings (SSSR count). The number of nitro benzene ring substituents is 1. The van der Waals surface area contributed by atoms with Crippen LogP contribution in [0.25, 0.3) is 0 Å². The van der Waals surface area contributed by atoms with Crippen molar-refractivity contribution in [2.24, 2.45) is 0 Å². The minimum Gasteiger partial charge on any atom is -0.507 e. The van der Waals surface area contributed by atoms with E-state index in [4.69, 9.17) is 5.11 Å². The average molecular weight is 371 g/mol. The fourth-order valence-corrected chi connectivity index (χ4v) is 2.73. The van der Waals surface area contributed by atoms with Gasteiger partial charge in [-0.1, -0.05) is 0 Å². The summed E-state index contributed by atoms with van der Waals surface area (Å²) in [7, 11) is 0. The van der Waals surface area contributed by atoms with Gasteiger partial charge in [-0.25, -0.2) is 9.69 Å². The van der Waals surface area contributed by atoms with Crippen molar-refractivity contribution in [3.63, 3.8) is 0 Å². The zero-order chi connectivity index (χ0) is 19.7. The Morgan fingerprint density at radius 1 is 1.19 bits per heavy atom. The molecule has 0 spiro atoms. The molecule has 1 aliphatic rings. The third-order valence-corrected chi connectivity index (χ3v) is 4.03. The highest BCUT2D eigenvalue weighted by Crippen LogP contribution is 2.29. The summed E-state index contributed by atoms with van der Waals surface area (Å²) in [6.45, 7) is 0. The van der Waals surface area contributed by atoms with Gasteiger partial charge in [0.15, 0.2) is 0 Å². The number of carboxylic acid groups (broad SMARTS) is 1. The molecule has 3 N–H and O–H groups in total. The SMILES string of the molecule is O=C(O)c1cc(N2C(=O)CC(Nc3ccc([N+](=O)[O-])cc3)C2=O)ccc1O. The Morgan fingerprint density at radius 3 is 2.44 bits per heavy atom. The fourth-order valence-electron chi connectivity index (χ4n) is 2.73. The van der Waals surface area contributed by atoms with Gasteiger partial charge in [0.2, 0.25) is 5.91 Å². The number of nitrogens with zero attached hydrogens (tertiary/aromatic N) is 2. The van der Waals surface area contributed by atoms with Crippen LogP contribution in [-0.2, 0) is 9.59 Å². The number of amides is 2. The third kappa shape index (κ3) is 3.40. The number of nitrogens with one attached hydrogen (secondary N) is 1. The van der Waals surface area contributed by atoms with Gasteiger partial charge in [-0.2, -0.15) is 0 Å². The van der Waals surface area contributed by atoms with E-state index in [9.17, 15) is 29.6 Å². The molecular formula is C17H13N3O7. The van der Waals surface area contributed by atoms with E-state index in [1.165, 1.54) is 30.3 Å². The summed E-state index contributed by atoms with van der Waals surface area (Å²) in [5.41, 5.74) is -0.0834. The summed E-state index contributed by atoms with van der Waals surface area (Å²) in [5, 5.41) is 32.1. The zero-order valence-electron chi connectivity index (χ0n) is 13.7. The molecule has 1 fully saturated rings. The molecule has 1 aliphatic heterocycles. The van der Waals surface area contributed by atoms with Crippen LogP contribution in [0.15, 0.2) is 42.5 Å². The molecular weight excluding hydrogens is 358 g/mol. The van der Waals surface area contributed by atoms with Crippen LogP contribution in [0.5, 0.6) is 5.75 Å². The molecule has 0 aromatic heterocycles. The Hall–Kier alpha value is -3.95. The van der Waals surface area contributed by atoms with Gasteiger partial charge in [-0.15, -0.1) is 0 Å². The van der Waals surface area contributed by atoms with Crippen LogP contribution in [-0.4, -0.2) is 39.0 Å². The van der Waals surface area contributed by atoms with Gasteiger partial charge in [-0.3, -0.25) is 19.7 Å². The number of phenols is 1. The van der Waals surface area contributed by atoms with Crippen molar-refractivity contribution in [3.05, 3.63) is 58.1 Å². The normalized spacial score (nSPS) is 16.4. The summed E-state index contributed by atoms with van der Waals surface area (Å²) in [6.07, 6.45) is -0.168. The van der Waals surface area contributed by atoms with Crippen LogP contribution in [0.2, 0.25) is 0 Å². The van der Waals surface area contributed by atoms with E-state index in [-0.39, 0.29) is 17.8 Å². The highest BCUT2D eigenvalue weighted by atomic mass is 16.6. The average Bonchev–Trinajstić information content (AvgIpc) is 2.89. The molecule has 2 aromatic rings. The van der Waals surface area contributed by atoms with Crippen LogP contribution < -0.4 is 10.2 Å². The number of carbonyl (C=O) groups excluding carboxylic acids is 2. The molecule has 2 aromatic carbocycles. The number of carboxylic acids is 1. The molecule has 10 nitrogen and oxygen atoms in total. The lowest BCUT2D eigenvalue weighted by Crippen LogP contribution is -2.34. The Labute approximate surface area is 151 Å². The summed E-state index contributed by atoms with van der Waals surface area (Å²) >= 11 is 0. The Morgan fingerprint density at radius 2 is 1.85 bits per heavy atom. The van der Waals surface area contributed by atoms with E-state index in [1.54, 1.807) is 0 Å². The van der Waals surface area contributed by atoms with Crippen LogP contribution in [0, 0.1) is 10.1 Å². The van der Waals surface area contributed by atoms with Gasteiger partial charge in [0.25, 0.3) is 11.6 Å². The van der Waals surface area contributed by atoms with Gasteiger partial charge in [-0.05, 0) is 30.3 Å². The molecule has 0 aliphatic carbocycles. The van der Waals surface area contributed by atoms with Crippen molar-refractivity contribution >= 4 is 34.8 Å². The van der Waals surface area contributed by atoms with E-state index in [1.807, 2.05) is 0 Å². The lowest BCUT2D eigenvalue weighted by atomic mass is 10.1. The number of aromatic carboxylic acids is 1. The molecule has 138 valence electrons. The first-order valence-electron chi connectivity index (χ1n) is 7.72. The quantitative estimate of drug-likeness (QED) is 0.408. The minimum atomic E-state index is -1.39. The number of imide groups is 1. The van der Waals surface area contributed by atoms with E-state index in [0.717, 1.165) is 17.0 Å². The summed E-state index contributed by atoms with van der Waals surface area (Å²) < 4.78 is 0. The Kier molecular flexibility index (Phi) is 4.46. The van der Waals surface area contributed by atoms with Gasteiger partial charge in [0.05, 0.1) is 17.0 Å². The van der Waals surface area contributed by atoms with Gasteiger partial charge >= 0.3 is 5.97 Å². The molecule has 1 saturated heterocycles. The molecule has 0 radical (unpaired) electrons. The molecule has 27 heavy (non-hydrogen) atoms. The number of nitro groups is 1. The second kappa shape index (κ2) is 6.75. The van der Waals surface area contributed by atoms with Gasteiger partial charge in [0.1, 0.15) is 17.4 Å². The topological polar surface area (TPSA) is 150 Å². The number of aromatic hydroxyl groups is 1. The summed E-state index contributed by atoms with van der Waals surface area (Å²) in [6, 6.07) is 7.87. The van der Waals surface area contributed by atoms with Crippen molar-refractivity contribution in [1.29, 1.82) is 0 Å². The molecule has 1 heterocycles. The molecule has 0 bridgehead atoms. The fraction of sp³-hybridized carbons (Fsp3) is 0.118. The smallest absolute Gasteiger partial charge is 0.339 e. The van der Waals surface area contributed by atoms with Crippen molar-refractivity contribution in [2.75, 3.05) is 10.2 Å². The van der Waals surface area contributed by atoms with E-state index in [0.29, 0.717) is 5.69 Å². The lowest BCUT2D eigenvalue weighted by molar-refractivity contribution is -0.384. The molecule has 1 unspecified atom stereocenters. The lowest BCUT2D eigenvalue weighted by Gasteiger charge is -2.17. The van der Waals surface area contributed by atoms with Gasteiger partial charge < -0.3 is 15.5 Å². The van der Waals surface area contributed by atoms with Crippen molar-refractivity contribution in [3.8, 4) is 5.75 Å². The maximum absolute atomic E-state index is 12.6. The highest BCUT2D eigenvalue weighted by molar-refractivity contribution is 6.23. The second-order valence-electron chi connectivity index (χ2n) is 5.78. The first-order valence-corrected chi connectivity index (χ1v) is 7.72. The third-order valence-electron chi connectivity index (χ3n) is 4.03. The largest absolute Gasteiger partial charge is 0.507 e. The number of hydrogen-bond acceptors (Lipinski definition) is 7. The van der Waals surface area contributed by atoms with Crippen LogP contribution >= 0.6 is 0 Å². The number of rotatable bonds is 5. The number of anilines is 2. The maximum atomic E-state index is 12.6. The van der Waals surface area contributed by atoms with Crippen LogP contribution in [0.1, 0.15) is 16.8 Å². The second-order valence-corrected chi connectivity index (χ2v) is 5.78. The predicted octanol–water partition coefficient (Wildman–Crippen LogP) is 1.74. The standard InChI is InChI=1S/C17H13N3O7/c21-14-6-5-11(7-12(14)17(24)25)19-15(22)8-13(16(19)23)18-9-1-3-10(4-2-9)20(26)27/h1-7,13,18,21H,8H2,(H,24,25). The highest BCUT2D eigenvalue weighted by Gasteiger charge is 2.40. The number of non-ortho nitro benzene ring substituents is 1. The van der Waals surface area contributed by atoms with E-state index >= 15 is 0 Å². The molecule has 0 saturated carbocycles. The van der Waals surface area contributed by atoms with Crippen LogP contribution in [0.4, 0.5) is 17.1 Å². The Bertz CT molecular complexity index is 955. The minimum absolute atomic E-state index is 0.0354. The first kappa shape index (κ1) is 17.9. The number of carbonyl (C=O) groups is 3. The molecule has 2 amide bonds.